The van der Waals surface area contributed by atoms with Crippen molar-refractivity contribution < 1.29 is 13.2 Å². The predicted octanol–water partition coefficient (Wildman–Crippen LogP) is 3.06. The molecular formula is C25H28N6O3S. The molecule has 0 aliphatic carbocycles. The van der Waals surface area contributed by atoms with Crippen LogP contribution in [0.25, 0.3) is 0 Å². The Balaban J connectivity index is 1.21. The second-order valence-corrected chi connectivity index (χ2v) is 10.7. The summed E-state index contributed by atoms with van der Waals surface area (Å²) in [6, 6.07) is 13.3. The van der Waals surface area contributed by atoms with E-state index in [-0.39, 0.29) is 17.3 Å². The SMILES string of the molecule is Cc1ccc(Nc2cc(C)nc(NCCNS(=O)(=O)c3cc4c5c(c3)CCN5C(=O)CC4)n2)cc1. The molecule has 0 fully saturated rings. The molecule has 0 atom stereocenters. The van der Waals surface area contributed by atoms with Crippen molar-refractivity contribution in [3.05, 3.63) is 64.8 Å². The van der Waals surface area contributed by atoms with Crippen molar-refractivity contribution in [2.75, 3.05) is 35.2 Å². The first kappa shape index (κ1) is 23.3. The van der Waals surface area contributed by atoms with Crippen LogP contribution in [0.3, 0.4) is 0 Å². The van der Waals surface area contributed by atoms with Gasteiger partial charge >= 0.3 is 0 Å². The van der Waals surface area contributed by atoms with Gasteiger partial charge in [-0.05, 0) is 62.1 Å². The second kappa shape index (κ2) is 9.27. The highest BCUT2D eigenvalue weighted by Crippen LogP contribution is 2.38. The van der Waals surface area contributed by atoms with Crippen LogP contribution in [0.2, 0.25) is 0 Å². The number of amides is 1. The highest BCUT2D eigenvalue weighted by Gasteiger charge is 2.32. The van der Waals surface area contributed by atoms with E-state index in [2.05, 4.69) is 25.3 Å². The molecule has 5 rings (SSSR count). The summed E-state index contributed by atoms with van der Waals surface area (Å²) >= 11 is 0. The number of benzene rings is 2. The minimum absolute atomic E-state index is 0.117. The summed E-state index contributed by atoms with van der Waals surface area (Å²) in [7, 11) is -3.68. The van der Waals surface area contributed by atoms with Gasteiger partial charge in [0, 0.05) is 43.5 Å². The zero-order chi connectivity index (χ0) is 24.6. The van der Waals surface area contributed by atoms with Gasteiger partial charge in [-0.15, -0.1) is 0 Å². The lowest BCUT2D eigenvalue weighted by Crippen LogP contribution is -2.33. The molecule has 9 nitrogen and oxygen atoms in total. The molecule has 2 aliphatic heterocycles. The van der Waals surface area contributed by atoms with Crippen molar-refractivity contribution in [1.29, 1.82) is 0 Å². The standard InChI is InChI=1S/C25H28N6O3S/c1-16-3-6-20(7-4-16)29-22-13-17(2)28-25(30-22)26-10-11-27-35(33,34)21-14-18-5-8-23(32)31-12-9-19(15-21)24(18)31/h3-4,6-7,13-15,27H,5,8-12H2,1-2H3,(H2,26,28,29,30). The van der Waals surface area contributed by atoms with Gasteiger partial charge in [0.2, 0.25) is 21.9 Å². The fourth-order valence-corrected chi connectivity index (χ4v) is 5.65. The van der Waals surface area contributed by atoms with E-state index in [0.29, 0.717) is 44.1 Å². The van der Waals surface area contributed by atoms with Gasteiger partial charge in [-0.2, -0.15) is 4.98 Å². The quantitative estimate of drug-likeness (QED) is 0.414. The Hall–Kier alpha value is -3.50. The van der Waals surface area contributed by atoms with Crippen LogP contribution in [0.1, 0.15) is 28.8 Å². The number of sulfonamides is 1. The average molecular weight is 493 g/mol. The number of hydrogen-bond acceptors (Lipinski definition) is 7. The summed E-state index contributed by atoms with van der Waals surface area (Å²) in [4.78, 5) is 23.0. The molecule has 10 heteroatoms. The van der Waals surface area contributed by atoms with Crippen molar-refractivity contribution in [2.45, 2.75) is 38.0 Å². The first-order chi connectivity index (χ1) is 16.8. The van der Waals surface area contributed by atoms with Crippen LogP contribution in [0.15, 0.2) is 47.4 Å². The van der Waals surface area contributed by atoms with E-state index < -0.39 is 10.0 Å². The fraction of sp³-hybridized carbons (Fsp3) is 0.320. The maximum atomic E-state index is 13.0. The highest BCUT2D eigenvalue weighted by molar-refractivity contribution is 7.89. The first-order valence-corrected chi connectivity index (χ1v) is 13.2. The molecule has 3 N–H and O–H groups in total. The summed E-state index contributed by atoms with van der Waals surface area (Å²) in [5.74, 6) is 1.20. The maximum absolute atomic E-state index is 13.0. The number of nitrogens with one attached hydrogen (secondary N) is 3. The van der Waals surface area contributed by atoms with E-state index in [0.717, 1.165) is 28.2 Å². The topological polar surface area (TPSA) is 116 Å². The molecule has 3 heterocycles. The van der Waals surface area contributed by atoms with Crippen LogP contribution < -0.4 is 20.3 Å². The smallest absolute Gasteiger partial charge is 0.240 e. The van der Waals surface area contributed by atoms with Crippen molar-refractivity contribution >= 4 is 39.1 Å². The number of carbonyl (C=O) groups is 1. The van der Waals surface area contributed by atoms with Crippen LogP contribution in [0.4, 0.5) is 23.1 Å². The lowest BCUT2D eigenvalue weighted by Gasteiger charge is -2.25. The van der Waals surface area contributed by atoms with E-state index in [1.165, 1.54) is 5.56 Å². The monoisotopic (exact) mass is 492 g/mol. The van der Waals surface area contributed by atoms with Gasteiger partial charge in [-0.3, -0.25) is 4.79 Å². The van der Waals surface area contributed by atoms with Gasteiger partial charge in [0.25, 0.3) is 0 Å². The Morgan fingerprint density at radius 3 is 2.46 bits per heavy atom. The molecule has 35 heavy (non-hydrogen) atoms. The highest BCUT2D eigenvalue weighted by atomic mass is 32.2. The Labute approximate surface area is 205 Å². The van der Waals surface area contributed by atoms with E-state index >= 15 is 0 Å². The Morgan fingerprint density at radius 2 is 1.69 bits per heavy atom. The molecule has 0 spiro atoms. The van der Waals surface area contributed by atoms with E-state index in [1.54, 1.807) is 17.0 Å². The van der Waals surface area contributed by atoms with Crippen LogP contribution in [0.5, 0.6) is 0 Å². The molecule has 0 radical (unpaired) electrons. The van der Waals surface area contributed by atoms with Gasteiger partial charge in [0.1, 0.15) is 5.82 Å². The van der Waals surface area contributed by atoms with Gasteiger partial charge in [0.05, 0.1) is 10.6 Å². The molecule has 0 unspecified atom stereocenters. The molecule has 0 saturated carbocycles. The normalized spacial score (nSPS) is 14.7. The largest absolute Gasteiger partial charge is 0.353 e. The Bertz CT molecular complexity index is 1390. The number of aromatic nitrogens is 2. The average Bonchev–Trinajstić information content (AvgIpc) is 3.26. The minimum atomic E-state index is -3.68. The van der Waals surface area contributed by atoms with Crippen LogP contribution in [-0.4, -0.2) is 43.9 Å². The molecule has 2 aromatic carbocycles. The Morgan fingerprint density at radius 1 is 0.943 bits per heavy atom. The first-order valence-electron chi connectivity index (χ1n) is 11.7. The number of anilines is 4. The van der Waals surface area contributed by atoms with E-state index in [9.17, 15) is 13.2 Å². The summed E-state index contributed by atoms with van der Waals surface area (Å²) in [5, 5.41) is 6.36. The molecule has 1 amide bonds. The van der Waals surface area contributed by atoms with Crippen LogP contribution in [0, 0.1) is 13.8 Å². The molecule has 0 saturated heterocycles. The van der Waals surface area contributed by atoms with Crippen LogP contribution in [-0.2, 0) is 27.7 Å². The van der Waals surface area contributed by atoms with Gasteiger partial charge < -0.3 is 15.5 Å². The van der Waals surface area contributed by atoms with Crippen molar-refractivity contribution in [1.82, 2.24) is 14.7 Å². The lowest BCUT2D eigenvalue weighted by molar-refractivity contribution is -0.118. The summed E-state index contributed by atoms with van der Waals surface area (Å²) in [5.41, 5.74) is 5.66. The zero-order valence-corrected chi connectivity index (χ0v) is 20.6. The number of aryl methyl sites for hydroxylation is 3. The molecular weight excluding hydrogens is 464 g/mol. The maximum Gasteiger partial charge on any atom is 0.240 e. The third-order valence-electron chi connectivity index (χ3n) is 6.21. The zero-order valence-electron chi connectivity index (χ0n) is 19.8. The molecule has 182 valence electrons. The van der Waals surface area contributed by atoms with Gasteiger partial charge in [-0.1, -0.05) is 17.7 Å². The van der Waals surface area contributed by atoms with E-state index in [1.807, 2.05) is 44.2 Å². The Kier molecular flexibility index (Phi) is 6.16. The predicted molar refractivity (Wildman–Crippen MR) is 136 cm³/mol. The molecule has 2 aliphatic rings. The third kappa shape index (κ3) is 4.98. The summed E-state index contributed by atoms with van der Waals surface area (Å²) < 4.78 is 28.6. The lowest BCUT2D eigenvalue weighted by atomic mass is 10.00. The van der Waals surface area contributed by atoms with Crippen molar-refractivity contribution in [3.63, 3.8) is 0 Å². The molecule has 1 aromatic heterocycles. The second-order valence-electron chi connectivity index (χ2n) is 8.92. The van der Waals surface area contributed by atoms with Crippen molar-refractivity contribution in [2.24, 2.45) is 0 Å². The van der Waals surface area contributed by atoms with Gasteiger partial charge in [0.15, 0.2) is 0 Å². The minimum Gasteiger partial charge on any atom is -0.353 e. The number of rotatable bonds is 8. The van der Waals surface area contributed by atoms with Gasteiger partial charge in [-0.25, -0.2) is 18.1 Å². The number of hydrogen-bond donors (Lipinski definition) is 3. The van der Waals surface area contributed by atoms with Crippen LogP contribution >= 0.6 is 0 Å². The fourth-order valence-electron chi connectivity index (χ4n) is 4.52. The molecule has 0 bridgehead atoms. The molecule has 3 aromatic rings. The number of nitrogens with zero attached hydrogens (tertiary/aromatic N) is 3. The summed E-state index contributed by atoms with van der Waals surface area (Å²) in [6.07, 6.45) is 1.68. The summed E-state index contributed by atoms with van der Waals surface area (Å²) in [6.45, 7) is 5.04. The third-order valence-corrected chi connectivity index (χ3v) is 7.65. The number of carbonyl (C=O) groups excluding carboxylic acids is 1. The van der Waals surface area contributed by atoms with E-state index in [4.69, 9.17) is 0 Å². The van der Waals surface area contributed by atoms with Crippen molar-refractivity contribution in [3.8, 4) is 0 Å².